The number of hydrogen-bond acceptors (Lipinski definition) is 7. The number of carbonyl (C=O) groups is 1. The van der Waals surface area contributed by atoms with Gasteiger partial charge in [0.1, 0.15) is 11.2 Å². The van der Waals surface area contributed by atoms with Gasteiger partial charge >= 0.3 is 0 Å². The molecule has 1 aromatic carbocycles. The van der Waals surface area contributed by atoms with E-state index in [0.29, 0.717) is 5.16 Å². The third-order valence-electron chi connectivity index (χ3n) is 5.67. The number of carbonyl (C=O) groups excluding carboxylic acids is 1. The molecule has 3 aromatic heterocycles. The number of nitrogens with one attached hydrogen (secondary N) is 1. The normalized spacial score (nSPS) is 15.9. The number of benzene rings is 1. The van der Waals surface area contributed by atoms with Crippen LogP contribution in [0.3, 0.4) is 0 Å². The summed E-state index contributed by atoms with van der Waals surface area (Å²) >= 11 is 3.16. The number of amides is 1. The first-order valence-electron chi connectivity index (χ1n) is 10.3. The Hall–Kier alpha value is -2.65. The van der Waals surface area contributed by atoms with E-state index in [1.165, 1.54) is 28.6 Å². The smallest absolute Gasteiger partial charge is 0.234 e. The van der Waals surface area contributed by atoms with Crippen LogP contribution in [0.15, 0.2) is 35.7 Å². The highest BCUT2D eigenvalue weighted by Crippen LogP contribution is 2.39. The van der Waals surface area contributed by atoms with Crippen molar-refractivity contribution in [2.24, 2.45) is 5.92 Å². The van der Waals surface area contributed by atoms with Crippen LogP contribution < -0.4 is 10.2 Å². The summed E-state index contributed by atoms with van der Waals surface area (Å²) in [4.78, 5) is 21.6. The number of nitrogens with zero attached hydrogens (tertiary/aromatic N) is 5. The SMILES string of the molecule is CC1CCc2c(sc3ncn4c(SCC(=O)Nc5ccc(N(C)C)cc5)nnc4c23)C1. The Balaban J connectivity index is 1.33. The van der Waals surface area contributed by atoms with Gasteiger partial charge in [-0.1, -0.05) is 18.7 Å². The third-order valence-corrected chi connectivity index (χ3v) is 7.78. The van der Waals surface area contributed by atoms with Crippen molar-refractivity contribution in [3.8, 4) is 0 Å². The van der Waals surface area contributed by atoms with Crippen molar-refractivity contribution in [1.29, 1.82) is 0 Å². The molecule has 1 N–H and O–H groups in total. The maximum atomic E-state index is 12.4. The Morgan fingerprint density at radius 3 is 2.87 bits per heavy atom. The molecule has 0 spiro atoms. The van der Waals surface area contributed by atoms with Gasteiger partial charge in [-0.3, -0.25) is 9.20 Å². The number of rotatable bonds is 5. The molecule has 0 saturated carbocycles. The highest BCUT2D eigenvalue weighted by atomic mass is 32.2. The summed E-state index contributed by atoms with van der Waals surface area (Å²) in [6, 6.07) is 7.78. The quantitative estimate of drug-likeness (QED) is 0.456. The highest BCUT2D eigenvalue weighted by Gasteiger charge is 2.24. The summed E-state index contributed by atoms with van der Waals surface area (Å²) < 4.78 is 1.91. The van der Waals surface area contributed by atoms with Crippen LogP contribution in [0.4, 0.5) is 11.4 Å². The van der Waals surface area contributed by atoms with Crippen molar-refractivity contribution < 1.29 is 4.79 Å². The third kappa shape index (κ3) is 3.87. The standard InChI is InChI=1S/C22H24N6OS2/c1-13-4-9-16-17(10-13)31-21-19(16)20-25-26-22(28(20)12-23-21)30-11-18(29)24-14-5-7-15(8-6-14)27(2)3/h5-8,12-13H,4,9-11H2,1-3H3,(H,24,29). The number of fused-ring (bicyclic) bond motifs is 5. The number of aromatic nitrogens is 4. The lowest BCUT2D eigenvalue weighted by Crippen LogP contribution is -2.14. The van der Waals surface area contributed by atoms with E-state index in [9.17, 15) is 4.79 Å². The van der Waals surface area contributed by atoms with Crippen LogP contribution in [0.1, 0.15) is 23.8 Å². The first-order chi connectivity index (χ1) is 15.0. The molecule has 1 unspecified atom stereocenters. The molecule has 1 amide bonds. The zero-order chi connectivity index (χ0) is 21.5. The first kappa shape index (κ1) is 20.3. The summed E-state index contributed by atoms with van der Waals surface area (Å²) in [5.74, 6) is 0.904. The van der Waals surface area contributed by atoms with Crippen LogP contribution in [0.25, 0.3) is 15.9 Å². The summed E-state index contributed by atoms with van der Waals surface area (Å²) in [5, 5.41) is 13.6. The molecule has 0 radical (unpaired) electrons. The monoisotopic (exact) mass is 452 g/mol. The number of anilines is 2. The lowest BCUT2D eigenvalue weighted by atomic mass is 9.89. The van der Waals surface area contributed by atoms with Gasteiger partial charge in [-0.25, -0.2) is 4.98 Å². The summed E-state index contributed by atoms with van der Waals surface area (Å²) in [7, 11) is 3.98. The fourth-order valence-corrected chi connectivity index (χ4v) is 6.04. The van der Waals surface area contributed by atoms with Crippen molar-refractivity contribution in [2.75, 3.05) is 30.1 Å². The van der Waals surface area contributed by atoms with Gasteiger partial charge in [0.2, 0.25) is 5.91 Å². The molecule has 7 nitrogen and oxygen atoms in total. The molecule has 0 saturated heterocycles. The highest BCUT2D eigenvalue weighted by molar-refractivity contribution is 7.99. The molecule has 0 bridgehead atoms. The lowest BCUT2D eigenvalue weighted by Gasteiger charge is -2.17. The van der Waals surface area contributed by atoms with Crippen molar-refractivity contribution in [3.05, 3.63) is 41.0 Å². The van der Waals surface area contributed by atoms with E-state index in [2.05, 4.69) is 27.4 Å². The number of hydrogen-bond donors (Lipinski definition) is 1. The molecule has 1 aliphatic rings. The fourth-order valence-electron chi connectivity index (χ4n) is 3.99. The average Bonchev–Trinajstić information content (AvgIpc) is 3.32. The van der Waals surface area contributed by atoms with Crippen molar-refractivity contribution in [1.82, 2.24) is 19.6 Å². The zero-order valence-electron chi connectivity index (χ0n) is 17.8. The molecule has 31 heavy (non-hydrogen) atoms. The van der Waals surface area contributed by atoms with Gasteiger partial charge in [-0.2, -0.15) is 0 Å². The Bertz CT molecular complexity index is 1260. The van der Waals surface area contributed by atoms with E-state index in [0.717, 1.165) is 46.0 Å². The van der Waals surface area contributed by atoms with E-state index in [4.69, 9.17) is 0 Å². The molecule has 0 fully saturated rings. The molecule has 1 aliphatic carbocycles. The van der Waals surface area contributed by atoms with Crippen LogP contribution >= 0.6 is 23.1 Å². The minimum absolute atomic E-state index is 0.0738. The van der Waals surface area contributed by atoms with E-state index in [1.807, 2.05) is 47.7 Å². The van der Waals surface area contributed by atoms with Gasteiger partial charge in [0, 0.05) is 30.3 Å². The maximum absolute atomic E-state index is 12.4. The Morgan fingerprint density at radius 2 is 2.10 bits per heavy atom. The molecule has 9 heteroatoms. The lowest BCUT2D eigenvalue weighted by molar-refractivity contribution is -0.113. The molecule has 0 aliphatic heterocycles. The van der Waals surface area contributed by atoms with Crippen LogP contribution in [0.5, 0.6) is 0 Å². The van der Waals surface area contributed by atoms with Gasteiger partial charge in [0.05, 0.1) is 11.1 Å². The molecular weight excluding hydrogens is 428 g/mol. The van der Waals surface area contributed by atoms with Crippen LogP contribution in [0, 0.1) is 5.92 Å². The number of thioether (sulfide) groups is 1. The molecule has 4 aromatic rings. The molecule has 3 heterocycles. The maximum Gasteiger partial charge on any atom is 0.234 e. The zero-order valence-corrected chi connectivity index (χ0v) is 19.4. The van der Waals surface area contributed by atoms with Gasteiger partial charge in [-0.15, -0.1) is 21.5 Å². The molecule has 5 rings (SSSR count). The van der Waals surface area contributed by atoms with Crippen LogP contribution in [-0.4, -0.2) is 45.3 Å². The molecular formula is C22H24N6OS2. The Kier molecular flexibility index (Phi) is 5.31. The van der Waals surface area contributed by atoms with Crippen molar-refractivity contribution in [3.63, 3.8) is 0 Å². The van der Waals surface area contributed by atoms with E-state index >= 15 is 0 Å². The minimum Gasteiger partial charge on any atom is -0.378 e. The van der Waals surface area contributed by atoms with Gasteiger partial charge in [0.25, 0.3) is 0 Å². The number of aryl methyl sites for hydroxylation is 1. The van der Waals surface area contributed by atoms with E-state index < -0.39 is 0 Å². The largest absolute Gasteiger partial charge is 0.378 e. The van der Waals surface area contributed by atoms with Gasteiger partial charge in [0.15, 0.2) is 10.8 Å². The van der Waals surface area contributed by atoms with E-state index in [-0.39, 0.29) is 11.7 Å². The first-order valence-corrected chi connectivity index (χ1v) is 12.1. The summed E-state index contributed by atoms with van der Waals surface area (Å²) in [5.41, 5.74) is 4.11. The molecule has 160 valence electrons. The predicted molar refractivity (Wildman–Crippen MR) is 127 cm³/mol. The average molecular weight is 453 g/mol. The fraction of sp³-hybridized carbons (Fsp3) is 0.364. The second-order valence-electron chi connectivity index (χ2n) is 8.23. The number of thiophene rings is 1. The van der Waals surface area contributed by atoms with Crippen LogP contribution in [-0.2, 0) is 17.6 Å². The van der Waals surface area contributed by atoms with Crippen LogP contribution in [0.2, 0.25) is 0 Å². The summed E-state index contributed by atoms with van der Waals surface area (Å²) in [6.45, 7) is 2.31. The second kappa shape index (κ2) is 8.12. The van der Waals surface area contributed by atoms with Crippen molar-refractivity contribution in [2.45, 2.75) is 31.3 Å². The van der Waals surface area contributed by atoms with Gasteiger partial charge < -0.3 is 10.2 Å². The molecule has 1 atom stereocenters. The second-order valence-corrected chi connectivity index (χ2v) is 10.3. The predicted octanol–water partition coefficient (Wildman–Crippen LogP) is 4.26. The van der Waals surface area contributed by atoms with Gasteiger partial charge in [-0.05, 0) is 55.0 Å². The van der Waals surface area contributed by atoms with Crippen molar-refractivity contribution >= 4 is 56.2 Å². The Labute approximate surface area is 188 Å². The Morgan fingerprint density at radius 1 is 1.29 bits per heavy atom. The summed E-state index contributed by atoms with van der Waals surface area (Å²) in [6.07, 6.45) is 5.17. The van der Waals surface area contributed by atoms with E-state index in [1.54, 1.807) is 17.7 Å². The topological polar surface area (TPSA) is 75.4 Å². The minimum atomic E-state index is -0.0738.